The Hall–Kier alpha value is -4.03. The highest BCUT2D eigenvalue weighted by Crippen LogP contribution is 2.35. The van der Waals surface area contributed by atoms with Crippen LogP contribution in [-0.2, 0) is 9.59 Å². The van der Waals surface area contributed by atoms with Crippen LogP contribution in [-0.4, -0.2) is 79.5 Å². The molecule has 0 radical (unpaired) electrons. The van der Waals surface area contributed by atoms with Crippen molar-refractivity contribution < 1.29 is 49.5 Å². The van der Waals surface area contributed by atoms with E-state index >= 15 is 0 Å². The first-order valence-electron chi connectivity index (χ1n) is 15.2. The molecule has 0 saturated carbocycles. The molecule has 2 heterocycles. The first-order valence-corrected chi connectivity index (χ1v) is 15.2. The number of carbonyl (C=O) groups is 5. The number of aryl methyl sites for hydroxylation is 1. The highest BCUT2D eigenvalue weighted by molar-refractivity contribution is 6.30. The highest BCUT2D eigenvalue weighted by Gasteiger charge is 2.38. The van der Waals surface area contributed by atoms with Crippen LogP contribution >= 0.6 is 0 Å². The van der Waals surface area contributed by atoms with E-state index in [4.69, 9.17) is 0 Å². The van der Waals surface area contributed by atoms with E-state index in [-0.39, 0.29) is 33.5 Å². The predicted molar refractivity (Wildman–Crippen MR) is 169 cm³/mol. The quantitative estimate of drug-likeness (QED) is 0.266. The number of hydrogen-bond acceptors (Lipinski definition) is 10. The van der Waals surface area contributed by atoms with Crippen molar-refractivity contribution in [3.8, 4) is 5.75 Å². The number of nitrogens with one attached hydrogen (secondary N) is 1. The van der Waals surface area contributed by atoms with Gasteiger partial charge in [-0.25, -0.2) is 0 Å². The molecule has 0 fully saturated rings. The zero-order chi connectivity index (χ0) is 34.8. The number of fused-ring (bicyclic) bond motifs is 15. The Labute approximate surface area is 268 Å². The van der Waals surface area contributed by atoms with E-state index in [1.165, 1.54) is 65.8 Å². The van der Waals surface area contributed by atoms with Gasteiger partial charge in [-0.3, -0.25) is 24.0 Å². The van der Waals surface area contributed by atoms with Crippen molar-refractivity contribution >= 4 is 29.0 Å². The van der Waals surface area contributed by atoms with Crippen molar-refractivity contribution in [3.63, 3.8) is 0 Å². The molecule has 0 saturated heterocycles. The van der Waals surface area contributed by atoms with Gasteiger partial charge in [-0.2, -0.15) is 0 Å². The van der Waals surface area contributed by atoms with Crippen LogP contribution in [0, 0.1) is 36.5 Å². The third-order valence-corrected chi connectivity index (χ3v) is 9.11. The van der Waals surface area contributed by atoms with Crippen LogP contribution in [0.1, 0.15) is 78.2 Å². The molecule has 1 amide bonds. The lowest BCUT2D eigenvalue weighted by molar-refractivity contribution is -0.136. The Morgan fingerprint density at radius 1 is 0.804 bits per heavy atom. The van der Waals surface area contributed by atoms with Gasteiger partial charge in [-0.15, -0.1) is 0 Å². The van der Waals surface area contributed by atoms with Crippen LogP contribution in [0.4, 0.5) is 0 Å². The van der Waals surface area contributed by atoms with Gasteiger partial charge in [0.1, 0.15) is 11.5 Å². The molecule has 3 aliphatic rings. The number of ketones is 4. The molecule has 0 spiro atoms. The average Bonchev–Trinajstić information content (AvgIpc) is 3.03. The number of carbonyl (C=O) groups excluding carboxylic acids is 5. The second-order valence-electron chi connectivity index (χ2n) is 12.5. The topological polar surface area (TPSA) is 199 Å². The number of hydrogen-bond donors (Lipinski definition) is 6. The summed E-state index contributed by atoms with van der Waals surface area (Å²) in [5, 5.41) is 56.6. The molecule has 2 aliphatic heterocycles. The van der Waals surface area contributed by atoms with Gasteiger partial charge in [0.25, 0.3) is 5.91 Å². The lowest BCUT2D eigenvalue weighted by Crippen LogP contribution is -2.44. The molecule has 248 valence electrons. The Morgan fingerprint density at radius 2 is 1.41 bits per heavy atom. The van der Waals surface area contributed by atoms with Gasteiger partial charge in [-0.1, -0.05) is 52.0 Å². The minimum Gasteiger partial charge on any atom is -0.507 e. The maximum absolute atomic E-state index is 13.7. The molecule has 46 heavy (non-hydrogen) atoms. The summed E-state index contributed by atoms with van der Waals surface area (Å²) in [7, 11) is 0. The van der Waals surface area contributed by atoms with E-state index in [1.807, 2.05) is 0 Å². The Balaban J connectivity index is 2.19. The van der Waals surface area contributed by atoms with Crippen molar-refractivity contribution in [3.05, 3.63) is 75.5 Å². The maximum atomic E-state index is 13.7. The first kappa shape index (κ1) is 36.4. The van der Waals surface area contributed by atoms with Crippen molar-refractivity contribution in [1.29, 1.82) is 0 Å². The highest BCUT2D eigenvalue weighted by atomic mass is 16.3. The molecule has 0 aromatic heterocycles. The van der Waals surface area contributed by atoms with Crippen LogP contribution in [0.2, 0.25) is 0 Å². The van der Waals surface area contributed by atoms with Gasteiger partial charge >= 0.3 is 0 Å². The van der Waals surface area contributed by atoms with Crippen LogP contribution in [0.5, 0.6) is 5.75 Å². The van der Waals surface area contributed by atoms with E-state index in [0.29, 0.717) is 0 Å². The summed E-state index contributed by atoms with van der Waals surface area (Å²) in [6.45, 7) is 9.78. The smallest absolute Gasteiger partial charge is 0.251 e. The summed E-state index contributed by atoms with van der Waals surface area (Å²) in [6.07, 6.45) is 2.70. The summed E-state index contributed by atoms with van der Waals surface area (Å²) >= 11 is 0. The number of allylic oxidation sites excluding steroid dienone is 5. The zero-order valence-corrected chi connectivity index (χ0v) is 27.1. The number of aromatic hydroxyl groups is 1. The molecule has 8 atom stereocenters. The summed E-state index contributed by atoms with van der Waals surface area (Å²) < 4.78 is 0. The molecule has 1 aromatic carbocycles. The van der Waals surface area contributed by atoms with Crippen molar-refractivity contribution in [2.45, 2.75) is 66.8 Å². The summed E-state index contributed by atoms with van der Waals surface area (Å²) in [5.41, 5.74) is -1.11. The lowest BCUT2D eigenvalue weighted by atomic mass is 9.77. The van der Waals surface area contributed by atoms with E-state index in [9.17, 15) is 49.5 Å². The molecular formula is C35H43NO10. The second kappa shape index (κ2) is 14.6. The summed E-state index contributed by atoms with van der Waals surface area (Å²) in [5.74, 6) is -8.61. The van der Waals surface area contributed by atoms with Crippen molar-refractivity contribution in [2.75, 3.05) is 6.61 Å². The minimum atomic E-state index is -1.44. The monoisotopic (exact) mass is 637 g/mol. The number of Topliss-reactive ketones (excluding diaryl/α,β-unsaturated/α-hetero) is 3. The van der Waals surface area contributed by atoms with Crippen LogP contribution < -0.4 is 5.32 Å². The Morgan fingerprint density at radius 3 is 2.02 bits per heavy atom. The lowest BCUT2D eigenvalue weighted by Gasteiger charge is -2.33. The van der Waals surface area contributed by atoms with Gasteiger partial charge in [0.15, 0.2) is 11.6 Å². The van der Waals surface area contributed by atoms with E-state index in [0.717, 1.165) is 6.08 Å². The van der Waals surface area contributed by atoms with Gasteiger partial charge in [0.05, 0.1) is 36.2 Å². The number of phenols is 1. The number of aliphatic hydroxyl groups is 4. The van der Waals surface area contributed by atoms with Gasteiger partial charge < -0.3 is 30.8 Å². The molecule has 1 aliphatic carbocycles. The van der Waals surface area contributed by atoms with Crippen LogP contribution in [0.25, 0.3) is 0 Å². The summed E-state index contributed by atoms with van der Waals surface area (Å²) in [6, 6.07) is 1.26. The van der Waals surface area contributed by atoms with Crippen molar-refractivity contribution in [1.82, 2.24) is 5.32 Å². The number of phenolic OH excluding ortho intramolecular Hbond substituents is 1. The van der Waals surface area contributed by atoms with Gasteiger partial charge in [0, 0.05) is 52.4 Å². The normalized spacial score (nSPS) is 30.5. The SMILES string of the molecule is CC1=CC=C[C@H](C)[C@@H](O)[C@@H](C)C(=O)[C@@H](C)[C@@H](O)[C@@H](C)[C@@H](O)[C@@H](CO)C=C(C)C(=O)c2c(O)c(C)cc3c2C(=O)C=C(NC1=O)C3=O. The molecule has 11 heteroatoms. The molecule has 4 bridgehead atoms. The molecule has 0 unspecified atom stereocenters. The fourth-order valence-corrected chi connectivity index (χ4v) is 5.86. The van der Waals surface area contributed by atoms with E-state index < -0.39 is 94.9 Å². The zero-order valence-electron chi connectivity index (χ0n) is 27.1. The van der Waals surface area contributed by atoms with E-state index in [2.05, 4.69) is 5.32 Å². The third kappa shape index (κ3) is 7.18. The average molecular weight is 638 g/mol. The minimum absolute atomic E-state index is 0.0762. The fourth-order valence-electron chi connectivity index (χ4n) is 5.86. The third-order valence-electron chi connectivity index (χ3n) is 9.11. The Bertz CT molecular complexity index is 1560. The van der Waals surface area contributed by atoms with Gasteiger partial charge in [-0.05, 0) is 38.0 Å². The van der Waals surface area contributed by atoms with Crippen molar-refractivity contribution in [2.24, 2.45) is 29.6 Å². The summed E-state index contributed by atoms with van der Waals surface area (Å²) in [4.78, 5) is 66.7. The second-order valence-corrected chi connectivity index (χ2v) is 12.5. The number of rotatable bonds is 1. The molecule has 6 N–H and O–H groups in total. The number of benzene rings is 1. The van der Waals surface area contributed by atoms with Gasteiger partial charge in [0.2, 0.25) is 5.78 Å². The van der Waals surface area contributed by atoms with Crippen LogP contribution in [0.15, 0.2) is 53.3 Å². The molecule has 4 rings (SSSR count). The number of amides is 1. The molecular weight excluding hydrogens is 594 g/mol. The number of aliphatic hydroxyl groups excluding tert-OH is 4. The standard InChI is InChI=1S/C35H43NO10/c1-15-9-8-10-16(2)35(46)36-24-13-25(38)26-23(34(24)45)12-18(4)30(41)27(26)29(40)17(3)11-22(14-37)33(44)21(7)32(43)20(6)31(42)19(5)28(15)39/h8-13,15,19-22,28,32-33,37,39,41,43-44H,14H2,1-7H3,(H,36,46)/t15-,19+,20+,21+,22+,28+,32+,33+/m0/s1. The van der Waals surface area contributed by atoms with Crippen LogP contribution in [0.3, 0.4) is 0 Å². The molecule has 11 nitrogen and oxygen atoms in total. The largest absolute Gasteiger partial charge is 0.507 e. The fraction of sp³-hybridized carbons (Fsp3) is 0.457. The first-order chi connectivity index (χ1) is 21.4. The van der Waals surface area contributed by atoms with E-state index in [1.54, 1.807) is 13.0 Å². The molecule has 1 aromatic rings. The predicted octanol–water partition coefficient (Wildman–Crippen LogP) is 2.53. The maximum Gasteiger partial charge on any atom is 0.251 e. The Kier molecular flexibility index (Phi) is 11.6.